The van der Waals surface area contributed by atoms with Gasteiger partial charge in [-0.2, -0.15) is 13.2 Å². The normalized spacial score (nSPS) is 14.9. The Hall–Kier alpha value is -4.06. The maximum atomic E-state index is 13.5. The Balaban J connectivity index is 1.89. The third-order valence-electron chi connectivity index (χ3n) is 6.12. The van der Waals surface area contributed by atoms with E-state index in [4.69, 9.17) is 9.47 Å². The van der Waals surface area contributed by atoms with Gasteiger partial charge in [0.05, 0.1) is 30.1 Å². The number of hydrogen-bond donors (Lipinski definition) is 1. The largest absolute Gasteiger partial charge is 0.462 e. The molecular formula is C25H24F3N3O6. The molecule has 0 radical (unpaired) electrons. The average molecular weight is 519 g/mol. The van der Waals surface area contributed by atoms with Gasteiger partial charge in [-0.3, -0.25) is 13.9 Å². The van der Waals surface area contributed by atoms with Crippen LogP contribution in [0.15, 0.2) is 52.2 Å². The van der Waals surface area contributed by atoms with E-state index in [9.17, 15) is 32.7 Å². The molecule has 1 aliphatic heterocycles. The first kappa shape index (κ1) is 26.0. The number of aliphatic hydroxyl groups is 1. The van der Waals surface area contributed by atoms with Crippen LogP contribution in [-0.4, -0.2) is 39.8 Å². The summed E-state index contributed by atoms with van der Waals surface area (Å²) in [4.78, 5) is 40.8. The topological polar surface area (TPSA) is 103 Å². The molecule has 0 saturated heterocycles. The number of benzene rings is 2. The number of esters is 1. The van der Waals surface area contributed by atoms with Crippen molar-refractivity contribution >= 4 is 11.7 Å². The van der Waals surface area contributed by atoms with Crippen LogP contribution in [0.25, 0.3) is 5.69 Å². The summed E-state index contributed by atoms with van der Waals surface area (Å²) in [6, 6.07) is 8.06. The smallest absolute Gasteiger partial charge is 0.416 e. The van der Waals surface area contributed by atoms with E-state index >= 15 is 0 Å². The second-order valence-corrected chi connectivity index (χ2v) is 8.28. The minimum Gasteiger partial charge on any atom is -0.462 e. The lowest BCUT2D eigenvalue weighted by Crippen LogP contribution is -2.42. The second-order valence-electron chi connectivity index (χ2n) is 8.28. The van der Waals surface area contributed by atoms with Crippen LogP contribution in [0.1, 0.15) is 40.9 Å². The molecule has 1 N–H and O–H groups in total. The molecule has 1 aliphatic rings. The van der Waals surface area contributed by atoms with Crippen molar-refractivity contribution < 1.29 is 32.5 Å². The monoisotopic (exact) mass is 519 g/mol. The van der Waals surface area contributed by atoms with Crippen LogP contribution in [0, 0.1) is 6.92 Å². The van der Waals surface area contributed by atoms with Gasteiger partial charge in [-0.25, -0.2) is 9.59 Å². The standard InChI is InChI=1S/C25H24F3N3O6/c1-4-29-19-10-9-16(11-20(19)37-24(29)35)30-13-17(22(33)36-5-2)21(32)31(23(30)34)12-15-7-6-8-18(14(15)3)25(26,27)28/h6-11,13,24,35H,4-5,12H2,1-3H3. The van der Waals surface area contributed by atoms with Crippen LogP contribution in [0.4, 0.5) is 18.9 Å². The average Bonchev–Trinajstić information content (AvgIpc) is 3.16. The lowest BCUT2D eigenvalue weighted by molar-refractivity contribution is -0.138. The maximum Gasteiger partial charge on any atom is 0.416 e. The van der Waals surface area contributed by atoms with Gasteiger partial charge in [0.2, 0.25) is 0 Å². The molecule has 3 aromatic rings. The van der Waals surface area contributed by atoms with Crippen LogP contribution >= 0.6 is 0 Å². The van der Waals surface area contributed by atoms with E-state index < -0.39 is 47.5 Å². The molecule has 0 fully saturated rings. The molecule has 4 rings (SSSR count). The molecular weight excluding hydrogens is 495 g/mol. The number of alkyl halides is 3. The number of ether oxygens (including phenoxy) is 2. The lowest BCUT2D eigenvalue weighted by atomic mass is 10.0. The number of carbonyl (C=O) groups is 1. The number of rotatable bonds is 6. The summed E-state index contributed by atoms with van der Waals surface area (Å²) in [5.41, 5.74) is -2.53. The molecule has 1 atom stereocenters. The summed E-state index contributed by atoms with van der Waals surface area (Å²) in [6.07, 6.45) is -4.82. The number of aliphatic hydroxyl groups excluding tert-OH is 1. The summed E-state index contributed by atoms with van der Waals surface area (Å²) in [6.45, 7) is 4.51. The fraction of sp³-hybridized carbons (Fsp3) is 0.320. The molecule has 37 heavy (non-hydrogen) atoms. The van der Waals surface area contributed by atoms with Crippen molar-refractivity contribution in [3.63, 3.8) is 0 Å². The Kier molecular flexibility index (Phi) is 6.87. The highest BCUT2D eigenvalue weighted by molar-refractivity contribution is 5.88. The first-order valence-electron chi connectivity index (χ1n) is 11.4. The van der Waals surface area contributed by atoms with Crippen molar-refractivity contribution in [2.45, 2.75) is 39.9 Å². The molecule has 0 saturated carbocycles. The Bertz CT molecular complexity index is 1480. The highest BCUT2D eigenvalue weighted by atomic mass is 19.4. The van der Waals surface area contributed by atoms with E-state index in [-0.39, 0.29) is 29.2 Å². The summed E-state index contributed by atoms with van der Waals surface area (Å²) in [7, 11) is 0. The van der Waals surface area contributed by atoms with Gasteiger partial charge < -0.3 is 19.5 Å². The molecule has 12 heteroatoms. The second kappa shape index (κ2) is 9.77. The predicted octanol–water partition coefficient (Wildman–Crippen LogP) is 3.05. The number of halogens is 3. The van der Waals surface area contributed by atoms with Crippen LogP contribution in [0.2, 0.25) is 0 Å². The third kappa shape index (κ3) is 4.71. The molecule has 0 aliphatic carbocycles. The predicted molar refractivity (Wildman–Crippen MR) is 127 cm³/mol. The molecule has 0 bridgehead atoms. The minimum atomic E-state index is -4.63. The van der Waals surface area contributed by atoms with Gasteiger partial charge in [0.1, 0.15) is 5.56 Å². The Morgan fingerprint density at radius 1 is 1.16 bits per heavy atom. The third-order valence-corrected chi connectivity index (χ3v) is 6.12. The first-order valence-corrected chi connectivity index (χ1v) is 11.4. The van der Waals surface area contributed by atoms with E-state index in [0.717, 1.165) is 16.8 Å². The molecule has 1 unspecified atom stereocenters. The van der Waals surface area contributed by atoms with Crippen molar-refractivity contribution in [3.8, 4) is 11.4 Å². The molecule has 0 spiro atoms. The van der Waals surface area contributed by atoms with E-state index in [1.807, 2.05) is 6.92 Å². The molecule has 2 heterocycles. The zero-order valence-electron chi connectivity index (χ0n) is 20.2. The molecule has 2 aromatic carbocycles. The van der Waals surface area contributed by atoms with E-state index in [0.29, 0.717) is 16.8 Å². The van der Waals surface area contributed by atoms with Gasteiger partial charge in [-0.05, 0) is 50.1 Å². The number of hydrogen-bond acceptors (Lipinski definition) is 7. The maximum absolute atomic E-state index is 13.5. The van der Waals surface area contributed by atoms with Crippen molar-refractivity contribution in [2.24, 2.45) is 0 Å². The number of aromatic nitrogens is 2. The quantitative estimate of drug-likeness (QED) is 0.500. The van der Waals surface area contributed by atoms with Gasteiger partial charge >= 0.3 is 17.8 Å². The highest BCUT2D eigenvalue weighted by Gasteiger charge is 2.33. The Labute approximate surface area is 208 Å². The van der Waals surface area contributed by atoms with Gasteiger partial charge in [-0.15, -0.1) is 0 Å². The highest BCUT2D eigenvalue weighted by Crippen LogP contribution is 2.37. The number of anilines is 1. The van der Waals surface area contributed by atoms with Gasteiger partial charge in [0, 0.05) is 18.8 Å². The molecule has 1 aromatic heterocycles. The fourth-order valence-electron chi connectivity index (χ4n) is 4.21. The fourth-order valence-corrected chi connectivity index (χ4v) is 4.21. The van der Waals surface area contributed by atoms with E-state index in [2.05, 4.69) is 0 Å². The number of nitrogens with zero attached hydrogens (tertiary/aromatic N) is 3. The summed E-state index contributed by atoms with van der Waals surface area (Å²) in [5.74, 6) is -0.719. The van der Waals surface area contributed by atoms with Gasteiger partial charge in [0.25, 0.3) is 12.0 Å². The molecule has 0 amide bonds. The number of fused-ring (bicyclic) bond motifs is 1. The zero-order chi connectivity index (χ0) is 27.1. The van der Waals surface area contributed by atoms with Gasteiger partial charge in [-0.1, -0.05) is 12.1 Å². The molecule has 9 nitrogen and oxygen atoms in total. The lowest BCUT2D eigenvalue weighted by Gasteiger charge is -2.18. The van der Waals surface area contributed by atoms with E-state index in [1.165, 1.54) is 31.2 Å². The summed E-state index contributed by atoms with van der Waals surface area (Å²) in [5, 5.41) is 10.1. The SMILES string of the molecule is CCOC(=O)c1cn(-c2ccc3c(c2)OC(O)N3CC)c(=O)n(Cc2cccc(C(F)(F)F)c2C)c1=O. The summed E-state index contributed by atoms with van der Waals surface area (Å²) >= 11 is 0. The zero-order valence-corrected chi connectivity index (χ0v) is 20.2. The van der Waals surface area contributed by atoms with Crippen LogP contribution in [0.5, 0.6) is 5.75 Å². The van der Waals surface area contributed by atoms with Crippen LogP contribution in [0.3, 0.4) is 0 Å². The van der Waals surface area contributed by atoms with Crippen LogP contribution in [-0.2, 0) is 17.5 Å². The Morgan fingerprint density at radius 2 is 1.89 bits per heavy atom. The van der Waals surface area contributed by atoms with Crippen molar-refractivity contribution in [1.29, 1.82) is 0 Å². The first-order chi connectivity index (χ1) is 17.5. The summed E-state index contributed by atoms with van der Waals surface area (Å²) < 4.78 is 52.4. The van der Waals surface area contributed by atoms with E-state index in [1.54, 1.807) is 17.9 Å². The van der Waals surface area contributed by atoms with Crippen LogP contribution < -0.4 is 20.9 Å². The minimum absolute atomic E-state index is 0.0401. The molecule has 196 valence electrons. The van der Waals surface area contributed by atoms with Gasteiger partial charge in [0.15, 0.2) is 5.75 Å². The Morgan fingerprint density at radius 3 is 2.54 bits per heavy atom. The van der Waals surface area contributed by atoms with Crippen molar-refractivity contribution in [2.75, 3.05) is 18.1 Å². The number of carbonyl (C=O) groups excluding carboxylic acids is 1. The van der Waals surface area contributed by atoms with Crippen molar-refractivity contribution in [1.82, 2.24) is 9.13 Å². The van der Waals surface area contributed by atoms with Crippen molar-refractivity contribution in [3.05, 3.63) is 85.7 Å².